The van der Waals surface area contributed by atoms with E-state index in [0.29, 0.717) is 25.9 Å². The predicted molar refractivity (Wildman–Crippen MR) is 122 cm³/mol. The van der Waals surface area contributed by atoms with Gasteiger partial charge in [0.25, 0.3) is 0 Å². The minimum Gasteiger partial charge on any atom is -0.392 e. The monoisotopic (exact) mass is 428 g/mol. The fourth-order valence-electron chi connectivity index (χ4n) is 4.84. The summed E-state index contributed by atoms with van der Waals surface area (Å²) >= 11 is 0. The molecule has 170 valence electrons. The van der Waals surface area contributed by atoms with Crippen LogP contribution in [0.2, 0.25) is 0 Å². The quantitative estimate of drug-likeness (QED) is 0.724. The van der Waals surface area contributed by atoms with Crippen LogP contribution in [0.5, 0.6) is 0 Å². The number of oxime groups is 1. The first-order chi connectivity index (χ1) is 14.7. The van der Waals surface area contributed by atoms with E-state index in [0.717, 1.165) is 36.2 Å². The van der Waals surface area contributed by atoms with Crippen LogP contribution in [-0.4, -0.2) is 73.2 Å². The molecule has 0 aromatic heterocycles. The van der Waals surface area contributed by atoms with Crippen LogP contribution < -0.4 is 5.32 Å². The maximum Gasteiger partial charge on any atom is 0.228 e. The van der Waals surface area contributed by atoms with Crippen LogP contribution in [0, 0.1) is 12.3 Å². The van der Waals surface area contributed by atoms with Crippen molar-refractivity contribution in [2.45, 2.75) is 58.6 Å². The van der Waals surface area contributed by atoms with E-state index >= 15 is 0 Å². The molecule has 0 aliphatic carbocycles. The van der Waals surface area contributed by atoms with Crippen LogP contribution in [0.3, 0.4) is 0 Å². The summed E-state index contributed by atoms with van der Waals surface area (Å²) in [5.74, 6) is 0.0307. The summed E-state index contributed by atoms with van der Waals surface area (Å²) in [5, 5.41) is 7.55. The number of carbonyl (C=O) groups excluding carboxylic acids is 2. The molecule has 31 heavy (non-hydrogen) atoms. The lowest BCUT2D eigenvalue weighted by atomic mass is 9.73. The molecule has 2 aliphatic heterocycles. The summed E-state index contributed by atoms with van der Waals surface area (Å²) in [6.07, 6.45) is 2.62. The van der Waals surface area contributed by atoms with Crippen LogP contribution in [0.25, 0.3) is 0 Å². The number of rotatable bonds is 7. The lowest BCUT2D eigenvalue weighted by Gasteiger charge is -2.42. The van der Waals surface area contributed by atoms with Crippen molar-refractivity contribution in [2.24, 2.45) is 10.6 Å². The number of benzene rings is 1. The SMILES string of the molecule is CC(=O)N1CCC[C@](C[C@@H]2CC(c3ccccc3C)=NO2)(C(=O)N[C@H](C)CN(C)C)C1. The van der Waals surface area contributed by atoms with Crippen LogP contribution in [0.15, 0.2) is 29.4 Å². The number of nitrogens with zero attached hydrogens (tertiary/aromatic N) is 3. The number of likely N-dealkylation sites (N-methyl/N-ethyl adjacent to an activating group) is 1. The van der Waals surface area contributed by atoms with E-state index in [9.17, 15) is 9.59 Å². The van der Waals surface area contributed by atoms with Gasteiger partial charge in [-0.15, -0.1) is 0 Å². The van der Waals surface area contributed by atoms with Gasteiger partial charge < -0.3 is 20.0 Å². The Morgan fingerprint density at radius 3 is 2.77 bits per heavy atom. The predicted octanol–water partition coefficient (Wildman–Crippen LogP) is 2.57. The standard InChI is InChI=1S/C24H36N4O3/c1-17-9-6-7-10-21(17)22-13-20(31-26-22)14-24(11-8-12-28(16-24)19(3)29)23(30)25-18(2)15-27(4)5/h6-7,9-10,18,20H,8,11-16H2,1-5H3,(H,25,30)/t18-,20+,24-/m1/s1. The van der Waals surface area contributed by atoms with E-state index in [4.69, 9.17) is 4.84 Å². The minimum absolute atomic E-state index is 0.0146. The summed E-state index contributed by atoms with van der Waals surface area (Å²) in [7, 11) is 3.99. The number of nitrogens with one attached hydrogen (secondary N) is 1. The Morgan fingerprint density at radius 1 is 1.35 bits per heavy atom. The highest BCUT2D eigenvalue weighted by Crippen LogP contribution is 2.38. The highest BCUT2D eigenvalue weighted by Gasteiger charge is 2.46. The van der Waals surface area contributed by atoms with Crippen molar-refractivity contribution in [3.05, 3.63) is 35.4 Å². The fraction of sp³-hybridized carbons (Fsp3) is 0.625. The molecule has 0 saturated carbocycles. The normalized spacial score (nSPS) is 24.5. The lowest BCUT2D eigenvalue weighted by Crippen LogP contribution is -2.56. The van der Waals surface area contributed by atoms with Crippen molar-refractivity contribution in [3.63, 3.8) is 0 Å². The van der Waals surface area contributed by atoms with Gasteiger partial charge in [-0.05, 0) is 46.3 Å². The van der Waals surface area contributed by atoms with E-state index in [1.807, 2.05) is 33.2 Å². The van der Waals surface area contributed by atoms with Crippen molar-refractivity contribution in [1.82, 2.24) is 15.1 Å². The van der Waals surface area contributed by atoms with Gasteiger partial charge in [0.1, 0.15) is 6.10 Å². The minimum atomic E-state index is -0.661. The second-order valence-corrected chi connectivity index (χ2v) is 9.45. The smallest absolute Gasteiger partial charge is 0.228 e. The van der Waals surface area contributed by atoms with Crippen LogP contribution in [0.4, 0.5) is 0 Å². The second kappa shape index (κ2) is 9.81. The first-order valence-electron chi connectivity index (χ1n) is 11.2. The molecule has 1 fully saturated rings. The highest BCUT2D eigenvalue weighted by atomic mass is 16.6. The topological polar surface area (TPSA) is 74.2 Å². The first kappa shape index (κ1) is 23.3. The summed E-state index contributed by atoms with van der Waals surface area (Å²) < 4.78 is 0. The van der Waals surface area contributed by atoms with Gasteiger partial charge in [-0.25, -0.2) is 0 Å². The molecule has 2 amide bonds. The van der Waals surface area contributed by atoms with Crippen LogP contribution in [-0.2, 0) is 14.4 Å². The molecule has 0 bridgehead atoms. The van der Waals surface area contributed by atoms with Crippen LogP contribution >= 0.6 is 0 Å². The summed E-state index contributed by atoms with van der Waals surface area (Å²) in [6, 6.07) is 8.17. The average molecular weight is 429 g/mol. The van der Waals surface area contributed by atoms with E-state index in [1.54, 1.807) is 11.8 Å². The Kier molecular flexibility index (Phi) is 7.36. The first-order valence-corrected chi connectivity index (χ1v) is 11.2. The summed E-state index contributed by atoms with van der Waals surface area (Å²) in [5.41, 5.74) is 2.53. The van der Waals surface area contributed by atoms with Gasteiger partial charge in [-0.3, -0.25) is 9.59 Å². The van der Waals surface area contributed by atoms with Crippen molar-refractivity contribution in [1.29, 1.82) is 0 Å². The molecule has 7 nitrogen and oxygen atoms in total. The number of amides is 2. The Morgan fingerprint density at radius 2 is 2.10 bits per heavy atom. The molecule has 1 saturated heterocycles. The Hall–Kier alpha value is -2.41. The highest BCUT2D eigenvalue weighted by molar-refractivity contribution is 6.02. The van der Waals surface area contributed by atoms with Gasteiger partial charge in [-0.2, -0.15) is 0 Å². The molecule has 0 spiro atoms. The Balaban J connectivity index is 1.75. The molecule has 0 unspecified atom stereocenters. The van der Waals surface area contributed by atoms with E-state index in [1.165, 1.54) is 0 Å². The number of piperidine rings is 1. The maximum atomic E-state index is 13.5. The third kappa shape index (κ3) is 5.64. The van der Waals surface area contributed by atoms with E-state index in [-0.39, 0.29) is 24.0 Å². The molecule has 7 heteroatoms. The number of carbonyl (C=O) groups is 2. The Bertz CT molecular complexity index is 838. The van der Waals surface area contributed by atoms with Gasteiger partial charge in [0.05, 0.1) is 11.1 Å². The van der Waals surface area contributed by atoms with Gasteiger partial charge in [0, 0.05) is 51.0 Å². The zero-order valence-corrected chi connectivity index (χ0v) is 19.5. The molecule has 3 atom stereocenters. The van der Waals surface area contributed by atoms with Crippen molar-refractivity contribution in [2.75, 3.05) is 33.7 Å². The Labute approximate surface area is 185 Å². The third-order valence-electron chi connectivity index (χ3n) is 6.33. The number of aryl methyl sites for hydroxylation is 1. The number of hydrogen-bond acceptors (Lipinski definition) is 5. The maximum absolute atomic E-state index is 13.5. The van der Waals surface area contributed by atoms with Gasteiger partial charge in [-0.1, -0.05) is 29.4 Å². The van der Waals surface area contributed by atoms with Crippen molar-refractivity contribution in [3.8, 4) is 0 Å². The second-order valence-electron chi connectivity index (χ2n) is 9.45. The largest absolute Gasteiger partial charge is 0.392 e. The molecule has 3 rings (SSSR count). The average Bonchev–Trinajstić information content (AvgIpc) is 3.15. The zero-order chi connectivity index (χ0) is 22.6. The van der Waals surface area contributed by atoms with E-state index in [2.05, 4.69) is 34.4 Å². The molecule has 2 heterocycles. The molecule has 1 aromatic carbocycles. The lowest BCUT2D eigenvalue weighted by molar-refractivity contribution is -0.143. The summed E-state index contributed by atoms with van der Waals surface area (Å²) in [4.78, 5) is 35.3. The third-order valence-corrected chi connectivity index (χ3v) is 6.33. The number of likely N-dealkylation sites (tertiary alicyclic amines) is 1. The summed E-state index contributed by atoms with van der Waals surface area (Å²) in [6.45, 7) is 7.56. The van der Waals surface area contributed by atoms with E-state index < -0.39 is 5.41 Å². The molecule has 1 aromatic rings. The molecule has 2 aliphatic rings. The zero-order valence-electron chi connectivity index (χ0n) is 19.5. The van der Waals surface area contributed by atoms with Crippen LogP contribution in [0.1, 0.15) is 50.7 Å². The molecule has 0 radical (unpaired) electrons. The van der Waals surface area contributed by atoms with Gasteiger partial charge >= 0.3 is 0 Å². The molecule has 1 N–H and O–H groups in total. The van der Waals surface area contributed by atoms with Gasteiger partial charge in [0.15, 0.2) is 0 Å². The van der Waals surface area contributed by atoms with Gasteiger partial charge in [0.2, 0.25) is 11.8 Å². The van der Waals surface area contributed by atoms with Crippen molar-refractivity contribution < 1.29 is 14.4 Å². The molecular weight excluding hydrogens is 392 g/mol. The number of hydrogen-bond donors (Lipinski definition) is 1. The fourth-order valence-corrected chi connectivity index (χ4v) is 4.84. The molecular formula is C24H36N4O3. The van der Waals surface area contributed by atoms with Crippen molar-refractivity contribution >= 4 is 17.5 Å².